The van der Waals surface area contributed by atoms with E-state index in [1.807, 2.05) is 12.3 Å². The summed E-state index contributed by atoms with van der Waals surface area (Å²) in [7, 11) is 0. The molecule has 108 valence electrons. The lowest BCUT2D eigenvalue weighted by atomic mass is 10.1. The Morgan fingerprint density at radius 1 is 1.14 bits per heavy atom. The van der Waals surface area contributed by atoms with Crippen LogP contribution in [0.15, 0.2) is 53.4 Å². The number of hydrogen-bond acceptors (Lipinski definition) is 5. The first-order valence-corrected chi connectivity index (χ1v) is 6.65. The van der Waals surface area contributed by atoms with E-state index in [1.54, 1.807) is 28.9 Å². The molecule has 4 rings (SSSR count). The van der Waals surface area contributed by atoms with Gasteiger partial charge in [-0.2, -0.15) is 4.98 Å². The van der Waals surface area contributed by atoms with Gasteiger partial charge in [-0.05, 0) is 23.8 Å². The van der Waals surface area contributed by atoms with Crippen molar-refractivity contribution in [3.8, 4) is 11.6 Å². The summed E-state index contributed by atoms with van der Waals surface area (Å²) >= 11 is 0. The van der Waals surface area contributed by atoms with Crippen LogP contribution in [0.4, 0.5) is 4.39 Å². The lowest BCUT2D eigenvalue weighted by molar-refractivity contribution is 0.423. The van der Waals surface area contributed by atoms with Gasteiger partial charge in [0.05, 0.1) is 0 Å². The molecule has 0 N–H and O–H groups in total. The smallest absolute Gasteiger partial charge is 0.278 e. The van der Waals surface area contributed by atoms with Crippen molar-refractivity contribution in [2.24, 2.45) is 0 Å². The molecule has 3 heterocycles. The van der Waals surface area contributed by atoms with Crippen molar-refractivity contribution in [3.05, 3.63) is 66.1 Å². The third-order valence-electron chi connectivity index (χ3n) is 3.20. The van der Waals surface area contributed by atoms with Crippen molar-refractivity contribution in [1.29, 1.82) is 0 Å². The Kier molecular flexibility index (Phi) is 2.89. The molecule has 22 heavy (non-hydrogen) atoms. The van der Waals surface area contributed by atoms with Gasteiger partial charge in [0, 0.05) is 25.0 Å². The van der Waals surface area contributed by atoms with Crippen molar-refractivity contribution in [2.75, 3.05) is 0 Å². The van der Waals surface area contributed by atoms with Crippen molar-refractivity contribution < 1.29 is 8.91 Å². The SMILES string of the molecule is Fc1ccc(Cc2noc(-c3cn4cccnc4n3)n2)cc1. The zero-order valence-electron chi connectivity index (χ0n) is 11.3. The highest BCUT2D eigenvalue weighted by Gasteiger charge is 2.13. The summed E-state index contributed by atoms with van der Waals surface area (Å²) in [5.41, 5.74) is 1.47. The van der Waals surface area contributed by atoms with Crippen molar-refractivity contribution in [3.63, 3.8) is 0 Å². The summed E-state index contributed by atoms with van der Waals surface area (Å²) in [6.45, 7) is 0. The Labute approximate surface area is 124 Å². The van der Waals surface area contributed by atoms with E-state index in [0.29, 0.717) is 29.6 Å². The van der Waals surface area contributed by atoms with Gasteiger partial charge in [0.2, 0.25) is 5.78 Å². The van der Waals surface area contributed by atoms with E-state index < -0.39 is 0 Å². The lowest BCUT2D eigenvalue weighted by Crippen LogP contribution is -1.91. The fourth-order valence-electron chi connectivity index (χ4n) is 2.15. The van der Waals surface area contributed by atoms with E-state index in [1.165, 1.54) is 12.1 Å². The van der Waals surface area contributed by atoms with Crippen LogP contribution in [0.1, 0.15) is 11.4 Å². The average Bonchev–Trinajstić information content (AvgIpc) is 3.15. The average molecular weight is 295 g/mol. The highest BCUT2D eigenvalue weighted by Crippen LogP contribution is 2.17. The maximum atomic E-state index is 12.9. The summed E-state index contributed by atoms with van der Waals surface area (Å²) in [5, 5.41) is 3.93. The molecule has 0 aliphatic rings. The van der Waals surface area contributed by atoms with Crippen LogP contribution < -0.4 is 0 Å². The largest absolute Gasteiger partial charge is 0.332 e. The Morgan fingerprint density at radius 2 is 2.00 bits per heavy atom. The third-order valence-corrected chi connectivity index (χ3v) is 3.20. The van der Waals surface area contributed by atoms with Crippen LogP contribution in [-0.2, 0) is 6.42 Å². The van der Waals surface area contributed by atoms with Gasteiger partial charge in [-0.3, -0.25) is 4.40 Å². The van der Waals surface area contributed by atoms with Crippen LogP contribution in [0.25, 0.3) is 17.4 Å². The molecule has 0 amide bonds. The second-order valence-corrected chi connectivity index (χ2v) is 4.77. The van der Waals surface area contributed by atoms with E-state index in [4.69, 9.17) is 4.52 Å². The van der Waals surface area contributed by atoms with Gasteiger partial charge in [-0.25, -0.2) is 14.4 Å². The predicted molar refractivity (Wildman–Crippen MR) is 75.5 cm³/mol. The fourth-order valence-corrected chi connectivity index (χ4v) is 2.15. The molecule has 0 saturated carbocycles. The summed E-state index contributed by atoms with van der Waals surface area (Å²) < 4.78 is 19.9. The molecule has 4 aromatic rings. The Bertz CT molecular complexity index is 895. The number of benzene rings is 1. The minimum absolute atomic E-state index is 0.269. The first kappa shape index (κ1) is 12.6. The molecule has 0 aliphatic carbocycles. The van der Waals surface area contributed by atoms with E-state index in [2.05, 4.69) is 20.1 Å². The molecule has 0 spiro atoms. The van der Waals surface area contributed by atoms with Crippen LogP contribution in [0, 0.1) is 5.82 Å². The van der Waals surface area contributed by atoms with Crippen molar-refractivity contribution in [2.45, 2.75) is 6.42 Å². The third kappa shape index (κ3) is 2.32. The van der Waals surface area contributed by atoms with Crippen LogP contribution in [0.3, 0.4) is 0 Å². The zero-order chi connectivity index (χ0) is 14.9. The van der Waals surface area contributed by atoms with E-state index >= 15 is 0 Å². The van der Waals surface area contributed by atoms with Crippen molar-refractivity contribution >= 4 is 5.78 Å². The molecule has 7 heteroatoms. The molecule has 6 nitrogen and oxygen atoms in total. The summed E-state index contributed by atoms with van der Waals surface area (Å²) in [6.07, 6.45) is 5.75. The second-order valence-electron chi connectivity index (χ2n) is 4.77. The quantitative estimate of drug-likeness (QED) is 0.581. The van der Waals surface area contributed by atoms with Gasteiger partial charge in [0.25, 0.3) is 5.89 Å². The maximum Gasteiger partial charge on any atom is 0.278 e. The molecule has 3 aromatic heterocycles. The van der Waals surface area contributed by atoms with E-state index in [0.717, 1.165) is 5.56 Å². The standard InChI is InChI=1S/C15H10FN5O/c16-11-4-2-10(3-5-11)8-13-19-14(22-20-13)12-9-21-7-1-6-17-15(21)18-12/h1-7,9H,8H2. The molecule has 0 unspecified atom stereocenters. The minimum atomic E-state index is -0.269. The number of halogens is 1. The number of fused-ring (bicyclic) bond motifs is 1. The second kappa shape index (κ2) is 5.03. The highest BCUT2D eigenvalue weighted by atomic mass is 19.1. The van der Waals surface area contributed by atoms with Gasteiger partial charge in [-0.15, -0.1) is 0 Å². The number of nitrogens with zero attached hydrogens (tertiary/aromatic N) is 5. The number of aromatic nitrogens is 5. The zero-order valence-corrected chi connectivity index (χ0v) is 11.3. The molecular weight excluding hydrogens is 285 g/mol. The fraction of sp³-hybridized carbons (Fsp3) is 0.0667. The topological polar surface area (TPSA) is 69.1 Å². The number of rotatable bonds is 3. The van der Waals surface area contributed by atoms with Crippen LogP contribution in [0.2, 0.25) is 0 Å². The number of imidazole rings is 1. The molecule has 1 aromatic carbocycles. The van der Waals surface area contributed by atoms with Gasteiger partial charge in [0.1, 0.15) is 11.5 Å². The van der Waals surface area contributed by atoms with Crippen LogP contribution in [-0.4, -0.2) is 24.5 Å². The lowest BCUT2D eigenvalue weighted by Gasteiger charge is -1.95. The van der Waals surface area contributed by atoms with Gasteiger partial charge < -0.3 is 4.52 Å². The Hall–Kier alpha value is -3.09. The van der Waals surface area contributed by atoms with Gasteiger partial charge in [0.15, 0.2) is 5.82 Å². The summed E-state index contributed by atoms with van der Waals surface area (Å²) in [4.78, 5) is 12.8. The van der Waals surface area contributed by atoms with Crippen LogP contribution in [0.5, 0.6) is 0 Å². The summed E-state index contributed by atoms with van der Waals surface area (Å²) in [6, 6.07) is 8.01. The molecular formula is C15H10FN5O. The maximum absolute atomic E-state index is 12.9. The normalized spacial score (nSPS) is 11.1. The minimum Gasteiger partial charge on any atom is -0.332 e. The molecule has 0 radical (unpaired) electrons. The van der Waals surface area contributed by atoms with Gasteiger partial charge >= 0.3 is 0 Å². The first-order chi connectivity index (χ1) is 10.8. The van der Waals surface area contributed by atoms with E-state index in [9.17, 15) is 4.39 Å². The monoisotopic (exact) mass is 295 g/mol. The predicted octanol–water partition coefficient (Wildman–Crippen LogP) is 2.51. The molecule has 0 saturated heterocycles. The van der Waals surface area contributed by atoms with Gasteiger partial charge in [-0.1, -0.05) is 17.3 Å². The molecule has 0 fully saturated rings. The Morgan fingerprint density at radius 3 is 2.82 bits per heavy atom. The Balaban J connectivity index is 1.61. The molecule has 0 aliphatic heterocycles. The first-order valence-electron chi connectivity index (χ1n) is 6.65. The molecule has 0 atom stereocenters. The number of hydrogen-bond donors (Lipinski definition) is 0. The summed E-state index contributed by atoms with van der Waals surface area (Å²) in [5.74, 6) is 1.15. The van der Waals surface area contributed by atoms with Crippen LogP contribution >= 0.6 is 0 Å². The molecule has 0 bridgehead atoms. The van der Waals surface area contributed by atoms with Crippen molar-refractivity contribution in [1.82, 2.24) is 24.5 Å². The van der Waals surface area contributed by atoms with E-state index in [-0.39, 0.29) is 5.82 Å². The highest BCUT2D eigenvalue weighted by molar-refractivity contribution is 5.51.